The van der Waals surface area contributed by atoms with Gasteiger partial charge < -0.3 is 0 Å². The molecule has 1 aliphatic carbocycles. The van der Waals surface area contributed by atoms with Gasteiger partial charge in [-0.1, -0.05) is 37.9 Å². The van der Waals surface area contributed by atoms with Gasteiger partial charge in [-0.25, -0.2) is 10.4 Å². The number of halogens is 1. The average Bonchev–Trinajstić information content (AvgIpc) is 2.64. The van der Waals surface area contributed by atoms with Crippen LogP contribution < -0.4 is 5.43 Å². The fraction of sp³-hybridized carbons (Fsp3) is 0.667. The highest BCUT2D eigenvalue weighted by Gasteiger charge is 2.41. The van der Waals surface area contributed by atoms with Gasteiger partial charge in [0, 0.05) is 17.1 Å². The molecule has 0 radical (unpaired) electrons. The minimum Gasteiger partial charge on any atom is -0.247 e. The number of piperidine rings is 1. The average molecular weight is 307 g/mol. The van der Waals surface area contributed by atoms with Crippen molar-refractivity contribution in [1.29, 1.82) is 0 Å². The first-order valence-corrected chi connectivity index (χ1v) is 8.59. The van der Waals surface area contributed by atoms with E-state index in [1.54, 1.807) is 0 Å². The Bertz CT molecular complexity index is 516. The van der Waals surface area contributed by atoms with E-state index in [0.717, 1.165) is 11.4 Å². The van der Waals surface area contributed by atoms with Crippen molar-refractivity contribution in [2.45, 2.75) is 71.5 Å². The van der Waals surface area contributed by atoms with Gasteiger partial charge >= 0.3 is 0 Å². The van der Waals surface area contributed by atoms with E-state index in [0.29, 0.717) is 18.1 Å². The van der Waals surface area contributed by atoms with E-state index >= 15 is 0 Å². The van der Waals surface area contributed by atoms with Gasteiger partial charge in [-0.3, -0.25) is 0 Å². The van der Waals surface area contributed by atoms with Crippen LogP contribution in [0.4, 0.5) is 0 Å². The standard InChI is InChI=1S/C18H27ClN2/c1-12-6-5-7-13(2)21(12)20-17-16-10-15(19)9-8-14(16)11-18(17,3)4/h8-10,12-13,17,20H,5-7,11H2,1-4H3. The molecule has 3 heteroatoms. The van der Waals surface area contributed by atoms with Crippen LogP contribution in [-0.4, -0.2) is 17.1 Å². The highest BCUT2D eigenvalue weighted by molar-refractivity contribution is 6.30. The van der Waals surface area contributed by atoms with Crippen LogP contribution in [0.25, 0.3) is 0 Å². The molecule has 1 saturated heterocycles. The normalized spacial score (nSPS) is 32.1. The minimum absolute atomic E-state index is 0.226. The van der Waals surface area contributed by atoms with Gasteiger partial charge in [0.2, 0.25) is 0 Å². The van der Waals surface area contributed by atoms with E-state index in [4.69, 9.17) is 11.6 Å². The number of hydrogen-bond acceptors (Lipinski definition) is 2. The van der Waals surface area contributed by atoms with Crippen LogP contribution in [0.3, 0.4) is 0 Å². The quantitative estimate of drug-likeness (QED) is 0.849. The highest BCUT2D eigenvalue weighted by Crippen LogP contribution is 2.46. The van der Waals surface area contributed by atoms with Crippen molar-refractivity contribution in [3.8, 4) is 0 Å². The van der Waals surface area contributed by atoms with Crippen LogP contribution >= 0.6 is 11.6 Å². The third kappa shape index (κ3) is 2.86. The van der Waals surface area contributed by atoms with Crippen molar-refractivity contribution >= 4 is 11.6 Å². The van der Waals surface area contributed by atoms with Crippen molar-refractivity contribution < 1.29 is 0 Å². The van der Waals surface area contributed by atoms with Crippen LogP contribution in [-0.2, 0) is 6.42 Å². The van der Waals surface area contributed by atoms with Gasteiger partial charge in [0.1, 0.15) is 0 Å². The Morgan fingerprint density at radius 2 is 1.86 bits per heavy atom. The van der Waals surface area contributed by atoms with Crippen molar-refractivity contribution in [2.75, 3.05) is 0 Å². The van der Waals surface area contributed by atoms with Crippen LogP contribution in [0.1, 0.15) is 64.1 Å². The first-order chi connectivity index (χ1) is 9.88. The molecule has 116 valence electrons. The topological polar surface area (TPSA) is 15.3 Å². The second-order valence-corrected chi connectivity index (χ2v) is 8.04. The number of hydrazine groups is 1. The molecule has 2 aliphatic rings. The third-order valence-electron chi connectivity index (χ3n) is 5.32. The Balaban J connectivity index is 1.88. The molecule has 21 heavy (non-hydrogen) atoms. The van der Waals surface area contributed by atoms with Gasteiger partial charge in [-0.05, 0) is 61.8 Å². The predicted molar refractivity (Wildman–Crippen MR) is 89.4 cm³/mol. The molecule has 1 fully saturated rings. The van der Waals surface area contributed by atoms with E-state index < -0.39 is 0 Å². The molecule has 3 rings (SSSR count). The second kappa shape index (κ2) is 5.57. The van der Waals surface area contributed by atoms with E-state index in [9.17, 15) is 0 Å². The lowest BCUT2D eigenvalue weighted by molar-refractivity contribution is 0.00861. The van der Waals surface area contributed by atoms with Crippen LogP contribution in [0, 0.1) is 5.41 Å². The molecule has 0 amide bonds. The second-order valence-electron chi connectivity index (χ2n) is 7.61. The van der Waals surface area contributed by atoms with Crippen molar-refractivity contribution in [3.05, 3.63) is 34.3 Å². The number of fused-ring (bicyclic) bond motifs is 1. The Hall–Kier alpha value is -0.570. The lowest BCUT2D eigenvalue weighted by atomic mass is 9.85. The molecule has 0 spiro atoms. The largest absolute Gasteiger partial charge is 0.247 e. The monoisotopic (exact) mass is 306 g/mol. The summed E-state index contributed by atoms with van der Waals surface area (Å²) in [6.45, 7) is 9.39. The summed E-state index contributed by atoms with van der Waals surface area (Å²) in [5, 5.41) is 3.34. The first-order valence-electron chi connectivity index (χ1n) is 8.21. The summed E-state index contributed by atoms with van der Waals surface area (Å²) in [6.07, 6.45) is 5.03. The number of nitrogens with zero attached hydrogens (tertiary/aromatic N) is 1. The van der Waals surface area contributed by atoms with Crippen molar-refractivity contribution in [2.24, 2.45) is 5.41 Å². The number of benzene rings is 1. The Kier molecular flexibility index (Phi) is 4.06. The van der Waals surface area contributed by atoms with E-state index in [1.807, 2.05) is 6.07 Å². The summed E-state index contributed by atoms with van der Waals surface area (Å²) in [5.41, 5.74) is 6.92. The molecule has 1 aromatic rings. The summed E-state index contributed by atoms with van der Waals surface area (Å²) < 4.78 is 0. The summed E-state index contributed by atoms with van der Waals surface area (Å²) in [4.78, 5) is 0. The highest BCUT2D eigenvalue weighted by atomic mass is 35.5. The molecule has 0 bridgehead atoms. The molecular formula is C18H27ClN2. The Labute approximate surface area is 133 Å². The number of nitrogens with one attached hydrogen (secondary N) is 1. The third-order valence-corrected chi connectivity index (χ3v) is 5.55. The first kappa shape index (κ1) is 15.3. The molecule has 2 nitrogen and oxygen atoms in total. The zero-order valence-electron chi connectivity index (χ0n) is 13.6. The Morgan fingerprint density at radius 1 is 1.19 bits per heavy atom. The molecule has 1 aromatic carbocycles. The van der Waals surface area contributed by atoms with Gasteiger partial charge in [-0.15, -0.1) is 0 Å². The van der Waals surface area contributed by atoms with Gasteiger partial charge in [-0.2, -0.15) is 0 Å². The summed E-state index contributed by atoms with van der Waals surface area (Å²) in [6, 6.07) is 7.94. The molecule has 3 atom stereocenters. The predicted octanol–water partition coefficient (Wildman–Crippen LogP) is 4.73. The minimum atomic E-state index is 0.226. The molecule has 1 aliphatic heterocycles. The van der Waals surface area contributed by atoms with Crippen LogP contribution in [0.2, 0.25) is 5.02 Å². The zero-order chi connectivity index (χ0) is 15.2. The molecule has 1 N–H and O–H groups in total. The summed E-state index contributed by atoms with van der Waals surface area (Å²) >= 11 is 6.24. The molecule has 3 unspecified atom stereocenters. The molecular weight excluding hydrogens is 280 g/mol. The smallest absolute Gasteiger partial charge is 0.0522 e. The number of rotatable bonds is 2. The zero-order valence-corrected chi connectivity index (χ0v) is 14.4. The fourth-order valence-corrected chi connectivity index (χ4v) is 4.26. The van der Waals surface area contributed by atoms with Crippen molar-refractivity contribution in [1.82, 2.24) is 10.4 Å². The molecule has 0 aromatic heterocycles. The maximum atomic E-state index is 6.24. The van der Waals surface area contributed by atoms with Crippen LogP contribution in [0.5, 0.6) is 0 Å². The van der Waals surface area contributed by atoms with Crippen LogP contribution in [0.15, 0.2) is 18.2 Å². The fourth-order valence-electron chi connectivity index (χ4n) is 4.08. The van der Waals surface area contributed by atoms with E-state index in [-0.39, 0.29) is 5.41 Å². The van der Waals surface area contributed by atoms with Gasteiger partial charge in [0.05, 0.1) is 6.04 Å². The SMILES string of the molecule is CC1CCCC(C)N1NC1c2cc(Cl)ccc2CC1(C)C. The van der Waals surface area contributed by atoms with E-state index in [1.165, 1.54) is 30.4 Å². The Morgan fingerprint density at radius 3 is 2.52 bits per heavy atom. The molecule has 1 heterocycles. The van der Waals surface area contributed by atoms with E-state index in [2.05, 4.69) is 50.3 Å². The lowest BCUT2D eigenvalue weighted by Gasteiger charge is -2.43. The molecule has 0 saturated carbocycles. The number of hydrogen-bond donors (Lipinski definition) is 1. The van der Waals surface area contributed by atoms with Crippen molar-refractivity contribution in [3.63, 3.8) is 0 Å². The van der Waals surface area contributed by atoms with Gasteiger partial charge in [0.25, 0.3) is 0 Å². The lowest BCUT2D eigenvalue weighted by Crippen LogP contribution is -2.54. The maximum absolute atomic E-state index is 6.24. The maximum Gasteiger partial charge on any atom is 0.0522 e. The van der Waals surface area contributed by atoms with Gasteiger partial charge in [0.15, 0.2) is 0 Å². The summed E-state index contributed by atoms with van der Waals surface area (Å²) in [5.74, 6) is 0. The summed E-state index contributed by atoms with van der Waals surface area (Å²) in [7, 11) is 0.